The first-order chi connectivity index (χ1) is 10.0. The van der Waals surface area contributed by atoms with Gasteiger partial charge in [0.15, 0.2) is 0 Å². The Bertz CT molecular complexity index is 584. The van der Waals surface area contributed by atoms with Gasteiger partial charge in [0.05, 0.1) is 0 Å². The number of nitrogens with zero attached hydrogens (tertiary/aromatic N) is 3. The van der Waals surface area contributed by atoms with Gasteiger partial charge in [-0.05, 0) is 38.9 Å². The molecule has 0 radical (unpaired) electrons. The number of hydrogen-bond acceptors (Lipinski definition) is 4. The van der Waals surface area contributed by atoms with Crippen molar-refractivity contribution < 1.29 is 0 Å². The minimum absolute atomic E-state index is 0.227. The lowest BCUT2D eigenvalue weighted by molar-refractivity contribution is 0.150. The Kier molecular flexibility index (Phi) is 5.36. The van der Waals surface area contributed by atoms with Crippen molar-refractivity contribution in [3.63, 3.8) is 0 Å². The number of piperidine rings is 1. The fourth-order valence-electron chi connectivity index (χ4n) is 2.99. The molecule has 2 rings (SSSR count). The molecule has 1 aromatic heterocycles. The highest BCUT2D eigenvalue weighted by Crippen LogP contribution is 2.15. The summed E-state index contributed by atoms with van der Waals surface area (Å²) in [5, 5.41) is 3.38. The maximum atomic E-state index is 12.0. The van der Waals surface area contributed by atoms with Crippen LogP contribution in [0, 0.1) is 0 Å². The second-order valence-electron chi connectivity index (χ2n) is 5.83. The van der Waals surface area contributed by atoms with Crippen LogP contribution in [0.5, 0.6) is 0 Å². The lowest BCUT2D eigenvalue weighted by atomic mass is 10.0. The lowest BCUT2D eigenvalue weighted by Gasteiger charge is -2.34. The molecule has 0 bridgehead atoms. The van der Waals surface area contributed by atoms with Crippen molar-refractivity contribution in [3.05, 3.63) is 32.6 Å². The largest absolute Gasteiger partial charge is 0.330 e. The molecule has 1 N–H and O–H groups in total. The number of rotatable bonds is 5. The summed E-state index contributed by atoms with van der Waals surface area (Å²) in [5.41, 5.74) is 0.323. The zero-order chi connectivity index (χ0) is 15.4. The third-order valence-electron chi connectivity index (χ3n) is 4.33. The maximum absolute atomic E-state index is 12.0. The standard InChI is InChI=1S/C15H26N4O2/c1-4-9-19(12-5-7-16-8-6-12)11-13-10-14(20)18(3)15(21)17(13)2/h10,12,16H,4-9,11H2,1-3H3. The van der Waals surface area contributed by atoms with Gasteiger partial charge in [0.1, 0.15) is 0 Å². The van der Waals surface area contributed by atoms with E-state index in [4.69, 9.17) is 0 Å². The van der Waals surface area contributed by atoms with E-state index < -0.39 is 0 Å². The van der Waals surface area contributed by atoms with Gasteiger partial charge < -0.3 is 5.32 Å². The summed E-state index contributed by atoms with van der Waals surface area (Å²) in [6, 6.07) is 2.12. The lowest BCUT2D eigenvalue weighted by Crippen LogP contribution is -2.45. The van der Waals surface area contributed by atoms with E-state index in [-0.39, 0.29) is 11.2 Å². The minimum atomic E-state index is -0.251. The monoisotopic (exact) mass is 294 g/mol. The molecule has 1 aromatic rings. The molecule has 0 amide bonds. The Morgan fingerprint density at radius 3 is 2.52 bits per heavy atom. The Morgan fingerprint density at radius 2 is 1.90 bits per heavy atom. The summed E-state index contributed by atoms with van der Waals surface area (Å²) < 4.78 is 2.74. The summed E-state index contributed by atoms with van der Waals surface area (Å²) in [5.74, 6) is 0. The van der Waals surface area contributed by atoms with Gasteiger partial charge in [-0.2, -0.15) is 0 Å². The molecule has 21 heavy (non-hydrogen) atoms. The van der Waals surface area contributed by atoms with Gasteiger partial charge >= 0.3 is 5.69 Å². The predicted molar refractivity (Wildman–Crippen MR) is 83.5 cm³/mol. The smallest absolute Gasteiger partial charge is 0.317 e. The summed E-state index contributed by atoms with van der Waals surface area (Å²) in [6.45, 7) is 5.91. The predicted octanol–water partition coefficient (Wildman–Crippen LogP) is 0.0480. The Labute approximate surface area is 125 Å². The molecular weight excluding hydrogens is 268 g/mol. The molecule has 2 heterocycles. The molecule has 0 saturated carbocycles. The summed E-state index contributed by atoms with van der Waals surface area (Å²) >= 11 is 0. The van der Waals surface area contributed by atoms with Gasteiger partial charge in [0.2, 0.25) is 0 Å². The quantitative estimate of drug-likeness (QED) is 0.833. The Morgan fingerprint density at radius 1 is 1.24 bits per heavy atom. The van der Waals surface area contributed by atoms with E-state index in [0.717, 1.165) is 49.2 Å². The Balaban J connectivity index is 2.24. The third kappa shape index (κ3) is 3.63. The van der Waals surface area contributed by atoms with Gasteiger partial charge in [-0.25, -0.2) is 4.79 Å². The number of aromatic nitrogens is 2. The normalized spacial score (nSPS) is 16.6. The number of nitrogens with one attached hydrogen (secondary N) is 1. The average molecular weight is 294 g/mol. The van der Waals surface area contributed by atoms with Gasteiger partial charge in [0.25, 0.3) is 5.56 Å². The van der Waals surface area contributed by atoms with Crippen LogP contribution in [0.15, 0.2) is 15.7 Å². The van der Waals surface area contributed by atoms with Crippen LogP contribution >= 0.6 is 0 Å². The highest BCUT2D eigenvalue weighted by Gasteiger charge is 2.21. The molecule has 118 valence electrons. The van der Waals surface area contributed by atoms with Gasteiger partial charge in [-0.1, -0.05) is 6.92 Å². The molecule has 1 fully saturated rings. The fourth-order valence-corrected chi connectivity index (χ4v) is 2.99. The second-order valence-corrected chi connectivity index (χ2v) is 5.83. The molecule has 1 aliphatic rings. The SMILES string of the molecule is CCCN(Cc1cc(=O)n(C)c(=O)n1C)C1CCNCC1. The summed E-state index contributed by atoms with van der Waals surface area (Å²) in [6.07, 6.45) is 3.32. The molecule has 6 heteroatoms. The van der Waals surface area contributed by atoms with Crippen LogP contribution in [0.25, 0.3) is 0 Å². The fraction of sp³-hybridized carbons (Fsp3) is 0.733. The summed E-state index contributed by atoms with van der Waals surface area (Å²) in [7, 11) is 3.26. The number of hydrogen-bond donors (Lipinski definition) is 1. The van der Waals surface area contributed by atoms with Crippen LogP contribution in [0.1, 0.15) is 31.9 Å². The first-order valence-electron chi connectivity index (χ1n) is 7.75. The van der Waals surface area contributed by atoms with Crippen molar-refractivity contribution in [2.24, 2.45) is 14.1 Å². The van der Waals surface area contributed by atoms with E-state index in [2.05, 4.69) is 17.1 Å². The van der Waals surface area contributed by atoms with E-state index in [1.165, 1.54) is 7.05 Å². The van der Waals surface area contributed by atoms with E-state index in [0.29, 0.717) is 12.6 Å². The zero-order valence-electron chi connectivity index (χ0n) is 13.3. The molecule has 0 aliphatic carbocycles. The topological polar surface area (TPSA) is 59.3 Å². The van der Waals surface area contributed by atoms with Crippen LogP contribution in [0.3, 0.4) is 0 Å². The second kappa shape index (κ2) is 7.04. The zero-order valence-corrected chi connectivity index (χ0v) is 13.3. The van der Waals surface area contributed by atoms with E-state index in [1.54, 1.807) is 17.7 Å². The van der Waals surface area contributed by atoms with Gasteiger partial charge in [-0.3, -0.25) is 18.8 Å². The third-order valence-corrected chi connectivity index (χ3v) is 4.33. The van der Waals surface area contributed by atoms with Crippen molar-refractivity contribution in [3.8, 4) is 0 Å². The van der Waals surface area contributed by atoms with Gasteiger partial charge in [0, 0.05) is 38.4 Å². The molecular formula is C15H26N4O2. The highest BCUT2D eigenvalue weighted by atomic mass is 16.2. The van der Waals surface area contributed by atoms with E-state index >= 15 is 0 Å². The van der Waals surface area contributed by atoms with Crippen LogP contribution in [0.4, 0.5) is 0 Å². The van der Waals surface area contributed by atoms with Crippen LogP contribution in [-0.4, -0.2) is 39.7 Å². The minimum Gasteiger partial charge on any atom is -0.317 e. The molecule has 0 aromatic carbocycles. The first-order valence-corrected chi connectivity index (χ1v) is 7.75. The van der Waals surface area contributed by atoms with Crippen LogP contribution in [0.2, 0.25) is 0 Å². The average Bonchev–Trinajstić information content (AvgIpc) is 2.50. The van der Waals surface area contributed by atoms with E-state index in [9.17, 15) is 9.59 Å². The van der Waals surface area contributed by atoms with Gasteiger partial charge in [-0.15, -0.1) is 0 Å². The van der Waals surface area contributed by atoms with Crippen molar-refractivity contribution in [1.29, 1.82) is 0 Å². The molecule has 1 saturated heterocycles. The first kappa shape index (κ1) is 16.0. The molecule has 0 spiro atoms. The van der Waals surface area contributed by atoms with Crippen molar-refractivity contribution in [1.82, 2.24) is 19.4 Å². The van der Waals surface area contributed by atoms with Crippen molar-refractivity contribution in [2.75, 3.05) is 19.6 Å². The van der Waals surface area contributed by atoms with Crippen LogP contribution < -0.4 is 16.6 Å². The molecule has 6 nitrogen and oxygen atoms in total. The van der Waals surface area contributed by atoms with E-state index in [1.807, 2.05) is 0 Å². The van der Waals surface area contributed by atoms with Crippen LogP contribution in [-0.2, 0) is 20.6 Å². The maximum Gasteiger partial charge on any atom is 0.330 e. The highest BCUT2D eigenvalue weighted by molar-refractivity contribution is 5.02. The summed E-state index contributed by atoms with van der Waals surface area (Å²) in [4.78, 5) is 26.3. The molecule has 1 aliphatic heterocycles. The van der Waals surface area contributed by atoms with Crippen molar-refractivity contribution in [2.45, 2.75) is 38.8 Å². The van der Waals surface area contributed by atoms with Crippen molar-refractivity contribution >= 4 is 0 Å². The molecule has 0 atom stereocenters. The Hall–Kier alpha value is -1.40. The molecule has 0 unspecified atom stereocenters.